The highest BCUT2D eigenvalue weighted by Gasteiger charge is 2.25. The normalized spacial score (nSPS) is 12.5. The molecule has 0 N–H and O–H groups in total. The summed E-state index contributed by atoms with van der Waals surface area (Å²) in [4.78, 5) is 5.34. The number of nitrogens with zero attached hydrogens (tertiary/aromatic N) is 1. The van der Waals surface area contributed by atoms with Gasteiger partial charge < -0.3 is 0 Å². The van der Waals surface area contributed by atoms with Gasteiger partial charge in [-0.3, -0.25) is 0 Å². The third kappa shape index (κ3) is 2.68. The van der Waals surface area contributed by atoms with Gasteiger partial charge in [0.1, 0.15) is 0 Å². The van der Waals surface area contributed by atoms with Crippen molar-refractivity contribution in [2.75, 3.05) is 0 Å². The van der Waals surface area contributed by atoms with Crippen molar-refractivity contribution in [2.24, 2.45) is 0 Å². The van der Waals surface area contributed by atoms with E-state index in [-0.39, 0.29) is 0 Å². The summed E-state index contributed by atoms with van der Waals surface area (Å²) in [5.74, 6) is 0. The molecule has 0 atom stereocenters. The predicted octanol–water partition coefficient (Wildman–Crippen LogP) is 11.0. The maximum absolute atomic E-state index is 5.34. The lowest BCUT2D eigenvalue weighted by Gasteiger charge is -2.16. The summed E-state index contributed by atoms with van der Waals surface area (Å²) in [6, 6.07) is 45.0. The fraction of sp³-hybridized carbons (Fsp3) is 0.0250. The van der Waals surface area contributed by atoms with E-state index in [0.29, 0.717) is 0 Å². The van der Waals surface area contributed by atoms with E-state index in [1.54, 1.807) is 0 Å². The van der Waals surface area contributed by atoms with Crippen molar-refractivity contribution >= 4 is 43.2 Å². The number of hydrogen-bond acceptors (Lipinski definition) is 1. The minimum absolute atomic E-state index is 1.03. The van der Waals surface area contributed by atoms with Crippen molar-refractivity contribution in [1.82, 2.24) is 4.98 Å². The lowest BCUT2D eigenvalue weighted by molar-refractivity contribution is 1.41. The molecule has 8 aromatic rings. The summed E-state index contributed by atoms with van der Waals surface area (Å²) in [6.45, 7) is 2.19. The zero-order valence-corrected chi connectivity index (χ0v) is 22.5. The Hall–Kier alpha value is -5.27. The van der Waals surface area contributed by atoms with Crippen LogP contribution in [0.3, 0.4) is 0 Å². The van der Waals surface area contributed by atoms with Gasteiger partial charge in [0.05, 0.1) is 11.2 Å². The minimum Gasteiger partial charge on any atom is -0.248 e. The summed E-state index contributed by atoms with van der Waals surface area (Å²) in [7, 11) is 0. The number of aromatic nitrogens is 1. The van der Waals surface area contributed by atoms with Gasteiger partial charge in [0.2, 0.25) is 0 Å². The number of fused-ring (bicyclic) bond motifs is 10. The Balaban J connectivity index is 1.36. The molecule has 1 aromatic heterocycles. The second-order valence-corrected chi connectivity index (χ2v) is 11.6. The molecule has 0 amide bonds. The molecule has 0 bridgehead atoms. The van der Waals surface area contributed by atoms with Gasteiger partial charge in [0.25, 0.3) is 0 Å². The van der Waals surface area contributed by atoms with Crippen LogP contribution in [-0.2, 0) is 0 Å². The van der Waals surface area contributed by atoms with Crippen molar-refractivity contribution in [3.8, 4) is 55.8 Å². The van der Waals surface area contributed by atoms with Crippen molar-refractivity contribution in [3.05, 3.63) is 127 Å². The Kier molecular flexibility index (Phi) is 3.92. The fourth-order valence-electron chi connectivity index (χ4n) is 7.64. The molecular formula is C40H23N. The van der Waals surface area contributed by atoms with E-state index >= 15 is 0 Å². The fourth-order valence-corrected chi connectivity index (χ4v) is 7.64. The molecule has 0 unspecified atom stereocenters. The van der Waals surface area contributed by atoms with Crippen LogP contribution in [0.1, 0.15) is 5.56 Å². The monoisotopic (exact) mass is 517 g/mol. The molecule has 0 spiro atoms. The van der Waals surface area contributed by atoms with Crippen molar-refractivity contribution < 1.29 is 0 Å². The van der Waals surface area contributed by atoms with E-state index in [9.17, 15) is 0 Å². The first kappa shape index (κ1) is 21.5. The Morgan fingerprint density at radius 3 is 1.71 bits per heavy atom. The number of rotatable bonds is 1. The Morgan fingerprint density at radius 2 is 0.951 bits per heavy atom. The molecule has 0 saturated carbocycles. The lowest BCUT2D eigenvalue weighted by atomic mass is 9.89. The van der Waals surface area contributed by atoms with E-state index in [2.05, 4.69) is 128 Å². The molecule has 1 heteroatoms. The highest BCUT2D eigenvalue weighted by Crippen LogP contribution is 2.52. The average Bonchev–Trinajstić information content (AvgIpc) is 3.52. The first-order valence-electron chi connectivity index (χ1n) is 14.3. The molecule has 1 heterocycles. The van der Waals surface area contributed by atoms with Gasteiger partial charge in [0.15, 0.2) is 0 Å². The summed E-state index contributed by atoms with van der Waals surface area (Å²) >= 11 is 0. The van der Waals surface area contributed by atoms with Gasteiger partial charge in [-0.05, 0) is 108 Å². The summed E-state index contributed by atoms with van der Waals surface area (Å²) in [5, 5.41) is 9.07. The highest BCUT2D eigenvalue weighted by molar-refractivity contribution is 6.28. The number of pyridine rings is 1. The van der Waals surface area contributed by atoms with Crippen LogP contribution in [0.5, 0.6) is 0 Å². The SMILES string of the molecule is Cc1ccc2c(c1)c(-c1cc3c4c(cccc4n1)-c1ccccc1-3)cc1c3cccc4c3c(cc21)-c1ccccc1-4. The minimum atomic E-state index is 1.03. The van der Waals surface area contributed by atoms with E-state index in [4.69, 9.17) is 4.98 Å². The second kappa shape index (κ2) is 7.47. The number of benzene rings is 7. The van der Waals surface area contributed by atoms with Crippen molar-refractivity contribution in [2.45, 2.75) is 6.92 Å². The molecule has 41 heavy (non-hydrogen) atoms. The first-order valence-corrected chi connectivity index (χ1v) is 14.3. The topological polar surface area (TPSA) is 12.9 Å². The van der Waals surface area contributed by atoms with Gasteiger partial charge >= 0.3 is 0 Å². The Bertz CT molecular complexity index is 2480. The van der Waals surface area contributed by atoms with Gasteiger partial charge in [-0.25, -0.2) is 4.98 Å². The van der Waals surface area contributed by atoms with Crippen molar-refractivity contribution in [1.29, 1.82) is 0 Å². The predicted molar refractivity (Wildman–Crippen MR) is 173 cm³/mol. The molecule has 0 fully saturated rings. The highest BCUT2D eigenvalue weighted by atomic mass is 14.7. The third-order valence-corrected chi connectivity index (χ3v) is 9.37. The van der Waals surface area contributed by atoms with Crippen LogP contribution in [0.4, 0.5) is 0 Å². The van der Waals surface area contributed by atoms with Crippen LogP contribution >= 0.6 is 0 Å². The Labute approximate surface area is 237 Å². The van der Waals surface area contributed by atoms with E-state index in [1.807, 2.05) is 0 Å². The average molecular weight is 518 g/mol. The zero-order valence-electron chi connectivity index (χ0n) is 22.5. The number of aryl methyl sites for hydroxylation is 1. The van der Waals surface area contributed by atoms with Crippen molar-refractivity contribution in [3.63, 3.8) is 0 Å². The molecule has 10 rings (SSSR count). The molecule has 0 aliphatic heterocycles. The van der Waals surface area contributed by atoms with Crippen LogP contribution in [-0.4, -0.2) is 4.98 Å². The van der Waals surface area contributed by atoms with Crippen LogP contribution in [0.25, 0.3) is 99.0 Å². The second-order valence-electron chi connectivity index (χ2n) is 11.6. The van der Waals surface area contributed by atoms with Crippen LogP contribution < -0.4 is 0 Å². The molecule has 2 aliphatic carbocycles. The Morgan fingerprint density at radius 1 is 0.366 bits per heavy atom. The maximum Gasteiger partial charge on any atom is 0.0722 e. The summed E-state index contributed by atoms with van der Waals surface area (Å²) < 4.78 is 0. The maximum atomic E-state index is 5.34. The zero-order chi connectivity index (χ0) is 26.8. The molecular weight excluding hydrogens is 494 g/mol. The summed E-state index contributed by atoms with van der Waals surface area (Å²) in [6.07, 6.45) is 0. The quantitative estimate of drug-likeness (QED) is 0.197. The van der Waals surface area contributed by atoms with Gasteiger partial charge in [-0.15, -0.1) is 0 Å². The molecule has 188 valence electrons. The molecule has 0 saturated heterocycles. The van der Waals surface area contributed by atoms with E-state index in [1.165, 1.54) is 93.3 Å². The van der Waals surface area contributed by atoms with E-state index < -0.39 is 0 Å². The van der Waals surface area contributed by atoms with Crippen LogP contribution in [0.2, 0.25) is 0 Å². The molecule has 7 aromatic carbocycles. The largest absolute Gasteiger partial charge is 0.248 e. The van der Waals surface area contributed by atoms with Gasteiger partial charge in [-0.2, -0.15) is 0 Å². The van der Waals surface area contributed by atoms with Crippen LogP contribution in [0.15, 0.2) is 121 Å². The lowest BCUT2D eigenvalue weighted by Crippen LogP contribution is -1.92. The molecule has 2 aliphatic rings. The van der Waals surface area contributed by atoms with Crippen LogP contribution in [0, 0.1) is 6.92 Å². The third-order valence-electron chi connectivity index (χ3n) is 9.37. The standard InChI is InChI=1S/C40H23N/c1-22-16-17-27-31(18-22)34(38-21-36-26-11-5-3-9-24(26)29-14-7-15-37(41-38)40(29)36)19-33-30-13-6-12-28-23-8-2-4-10-25(23)35(39(28)30)20-32(27)33/h2-21H,1H3. The van der Waals surface area contributed by atoms with Gasteiger partial charge in [-0.1, -0.05) is 103 Å². The smallest absolute Gasteiger partial charge is 0.0722 e. The van der Waals surface area contributed by atoms with E-state index in [0.717, 1.165) is 11.2 Å². The summed E-state index contributed by atoms with van der Waals surface area (Å²) in [5.41, 5.74) is 15.1. The number of hydrogen-bond donors (Lipinski definition) is 0. The molecule has 0 radical (unpaired) electrons. The molecule has 1 nitrogen and oxygen atoms in total. The van der Waals surface area contributed by atoms with Gasteiger partial charge in [0, 0.05) is 10.9 Å². The first-order chi connectivity index (χ1) is 20.2.